The highest BCUT2D eigenvalue weighted by molar-refractivity contribution is 5.96. The molecule has 1 rings (SSSR count). The monoisotopic (exact) mass is 246 g/mol. The first-order valence-electron chi connectivity index (χ1n) is 4.59. The number of rotatable bonds is 4. The van der Waals surface area contributed by atoms with E-state index < -0.39 is 47.5 Å². The Hall–Kier alpha value is -2.12. The first-order valence-corrected chi connectivity index (χ1v) is 4.59. The molecule has 0 radical (unpaired) electrons. The number of esters is 1. The number of ether oxygens (including phenoxy) is 1. The highest BCUT2D eigenvalue weighted by Crippen LogP contribution is 2.47. The van der Waals surface area contributed by atoms with Crippen LogP contribution in [-0.4, -0.2) is 46.3 Å². The van der Waals surface area contributed by atoms with Gasteiger partial charge in [0.05, 0.1) is 30.8 Å². The molecule has 1 fully saturated rings. The minimum atomic E-state index is -1.62. The zero-order chi connectivity index (χ0) is 13.3. The summed E-state index contributed by atoms with van der Waals surface area (Å²) in [5.41, 5.74) is 0. The molecular weight excluding hydrogens is 236 g/mol. The SMILES string of the molecule is COC(=O)C1C(C(=O)O)C(C(=O)O)C1C(=O)O. The van der Waals surface area contributed by atoms with Gasteiger partial charge in [0.15, 0.2) is 0 Å². The van der Waals surface area contributed by atoms with Crippen molar-refractivity contribution in [2.24, 2.45) is 23.7 Å². The predicted octanol–water partition coefficient (Wildman–Crippen LogP) is -1.11. The van der Waals surface area contributed by atoms with Crippen molar-refractivity contribution in [3.8, 4) is 0 Å². The molecule has 3 N–H and O–H groups in total. The van der Waals surface area contributed by atoms with Crippen LogP contribution in [0.15, 0.2) is 0 Å². The maximum Gasteiger partial charge on any atom is 0.310 e. The lowest BCUT2D eigenvalue weighted by Crippen LogP contribution is -2.60. The van der Waals surface area contributed by atoms with Gasteiger partial charge in [-0.05, 0) is 0 Å². The van der Waals surface area contributed by atoms with Gasteiger partial charge in [-0.1, -0.05) is 0 Å². The maximum absolute atomic E-state index is 11.3. The maximum atomic E-state index is 11.3. The van der Waals surface area contributed by atoms with Gasteiger partial charge in [-0.15, -0.1) is 0 Å². The Morgan fingerprint density at radius 1 is 0.765 bits per heavy atom. The van der Waals surface area contributed by atoms with Gasteiger partial charge in [-0.25, -0.2) is 0 Å². The van der Waals surface area contributed by atoms with Crippen LogP contribution in [0.4, 0.5) is 0 Å². The number of aliphatic carboxylic acids is 3. The zero-order valence-electron chi connectivity index (χ0n) is 8.69. The number of carbonyl (C=O) groups is 4. The summed E-state index contributed by atoms with van der Waals surface area (Å²) in [5, 5.41) is 26.4. The first kappa shape index (κ1) is 12.9. The molecule has 8 nitrogen and oxygen atoms in total. The third-order valence-electron chi connectivity index (χ3n) is 2.88. The summed E-state index contributed by atoms with van der Waals surface area (Å²) in [4.78, 5) is 43.7. The van der Waals surface area contributed by atoms with E-state index in [1.54, 1.807) is 0 Å². The highest BCUT2D eigenvalue weighted by Gasteiger charge is 2.64. The molecule has 2 atom stereocenters. The van der Waals surface area contributed by atoms with Crippen LogP contribution in [0.1, 0.15) is 0 Å². The van der Waals surface area contributed by atoms with Crippen molar-refractivity contribution in [3.05, 3.63) is 0 Å². The fourth-order valence-electron chi connectivity index (χ4n) is 2.10. The van der Waals surface area contributed by atoms with E-state index in [9.17, 15) is 19.2 Å². The Labute approximate surface area is 94.8 Å². The summed E-state index contributed by atoms with van der Waals surface area (Å²) < 4.78 is 4.28. The number of hydrogen-bond donors (Lipinski definition) is 3. The predicted molar refractivity (Wildman–Crippen MR) is 48.9 cm³/mol. The van der Waals surface area contributed by atoms with Crippen molar-refractivity contribution in [1.29, 1.82) is 0 Å². The third-order valence-corrected chi connectivity index (χ3v) is 2.88. The standard InChI is InChI=1S/C9H10O8/c1-17-9(16)5-3(7(12)13)2(6(10)11)4(5)8(14)15/h2-5H,1H3,(H,10,11)(H,12,13)(H,14,15). The Morgan fingerprint density at radius 2 is 1.06 bits per heavy atom. The second-order valence-electron chi connectivity index (χ2n) is 3.64. The second kappa shape index (κ2) is 4.40. The van der Waals surface area contributed by atoms with Gasteiger partial charge in [0, 0.05) is 0 Å². The van der Waals surface area contributed by atoms with Crippen molar-refractivity contribution in [3.63, 3.8) is 0 Å². The van der Waals surface area contributed by atoms with Crippen molar-refractivity contribution in [2.45, 2.75) is 0 Å². The molecular formula is C9H10O8. The van der Waals surface area contributed by atoms with Crippen LogP contribution in [0.2, 0.25) is 0 Å². The summed E-state index contributed by atoms with van der Waals surface area (Å²) in [6, 6.07) is 0. The fourth-order valence-corrected chi connectivity index (χ4v) is 2.10. The van der Waals surface area contributed by atoms with Crippen LogP contribution < -0.4 is 0 Å². The molecule has 2 unspecified atom stereocenters. The molecule has 0 saturated heterocycles. The van der Waals surface area contributed by atoms with Crippen LogP contribution in [0.25, 0.3) is 0 Å². The van der Waals surface area contributed by atoms with E-state index in [4.69, 9.17) is 15.3 Å². The molecule has 0 bridgehead atoms. The molecule has 8 heteroatoms. The lowest BCUT2D eigenvalue weighted by molar-refractivity contribution is -0.193. The number of methoxy groups -OCH3 is 1. The molecule has 94 valence electrons. The molecule has 1 saturated carbocycles. The van der Waals surface area contributed by atoms with E-state index in [1.165, 1.54) is 0 Å². The molecule has 0 spiro atoms. The van der Waals surface area contributed by atoms with E-state index in [1.807, 2.05) is 0 Å². The van der Waals surface area contributed by atoms with E-state index >= 15 is 0 Å². The molecule has 1 aliphatic carbocycles. The van der Waals surface area contributed by atoms with E-state index in [0.717, 1.165) is 7.11 Å². The van der Waals surface area contributed by atoms with Crippen LogP contribution in [0.5, 0.6) is 0 Å². The van der Waals surface area contributed by atoms with Crippen LogP contribution >= 0.6 is 0 Å². The summed E-state index contributed by atoms with van der Waals surface area (Å²) in [6.07, 6.45) is 0. The van der Waals surface area contributed by atoms with Gasteiger partial charge >= 0.3 is 23.9 Å². The lowest BCUT2D eigenvalue weighted by atomic mass is 9.56. The molecule has 0 aliphatic heterocycles. The first-order chi connectivity index (χ1) is 7.82. The Balaban J connectivity index is 3.08. The van der Waals surface area contributed by atoms with Crippen molar-refractivity contribution in [2.75, 3.05) is 7.11 Å². The quantitative estimate of drug-likeness (QED) is 0.531. The van der Waals surface area contributed by atoms with E-state index in [2.05, 4.69) is 4.74 Å². The summed E-state index contributed by atoms with van der Waals surface area (Å²) >= 11 is 0. The minimum Gasteiger partial charge on any atom is -0.481 e. The molecule has 17 heavy (non-hydrogen) atoms. The molecule has 0 amide bonds. The summed E-state index contributed by atoms with van der Waals surface area (Å²) in [7, 11) is 0.980. The molecule has 0 aromatic rings. The fraction of sp³-hybridized carbons (Fsp3) is 0.556. The summed E-state index contributed by atoms with van der Waals surface area (Å²) in [6.45, 7) is 0. The molecule has 0 aromatic heterocycles. The molecule has 0 aromatic carbocycles. The van der Waals surface area contributed by atoms with Crippen molar-refractivity contribution < 1.29 is 39.2 Å². The molecule has 0 heterocycles. The zero-order valence-corrected chi connectivity index (χ0v) is 8.69. The third kappa shape index (κ3) is 1.93. The van der Waals surface area contributed by atoms with Gasteiger partial charge < -0.3 is 20.1 Å². The highest BCUT2D eigenvalue weighted by atomic mass is 16.5. The number of hydrogen-bond acceptors (Lipinski definition) is 5. The topological polar surface area (TPSA) is 138 Å². The Kier molecular flexibility index (Phi) is 3.35. The minimum absolute atomic E-state index is 0.980. The number of carboxylic acids is 3. The normalized spacial score (nSPS) is 31.1. The average Bonchev–Trinajstić information content (AvgIpc) is 2.13. The van der Waals surface area contributed by atoms with E-state index in [-0.39, 0.29) is 0 Å². The van der Waals surface area contributed by atoms with Gasteiger partial charge in [0.2, 0.25) is 0 Å². The van der Waals surface area contributed by atoms with Crippen LogP contribution in [0.3, 0.4) is 0 Å². The van der Waals surface area contributed by atoms with Crippen molar-refractivity contribution in [1.82, 2.24) is 0 Å². The van der Waals surface area contributed by atoms with Gasteiger partial charge in [-0.3, -0.25) is 19.2 Å². The van der Waals surface area contributed by atoms with Gasteiger partial charge in [0.1, 0.15) is 0 Å². The Morgan fingerprint density at radius 3 is 1.29 bits per heavy atom. The van der Waals surface area contributed by atoms with E-state index in [0.29, 0.717) is 0 Å². The second-order valence-corrected chi connectivity index (χ2v) is 3.64. The lowest BCUT2D eigenvalue weighted by Gasteiger charge is -2.42. The Bertz CT molecular complexity index is 364. The van der Waals surface area contributed by atoms with Gasteiger partial charge in [0.25, 0.3) is 0 Å². The van der Waals surface area contributed by atoms with Crippen LogP contribution in [-0.2, 0) is 23.9 Å². The van der Waals surface area contributed by atoms with Gasteiger partial charge in [-0.2, -0.15) is 0 Å². The number of carbonyl (C=O) groups excluding carboxylic acids is 1. The molecule has 1 aliphatic rings. The summed E-state index contributed by atoms with van der Waals surface area (Å²) in [5.74, 6) is -11.8. The largest absolute Gasteiger partial charge is 0.481 e. The van der Waals surface area contributed by atoms with Crippen molar-refractivity contribution >= 4 is 23.9 Å². The van der Waals surface area contributed by atoms with Crippen LogP contribution in [0, 0.1) is 23.7 Å². The average molecular weight is 246 g/mol. The smallest absolute Gasteiger partial charge is 0.310 e. The number of carboxylic acid groups (broad SMARTS) is 3.